The number of anilines is 1. The van der Waals surface area contributed by atoms with E-state index in [1.165, 1.54) is 0 Å². The van der Waals surface area contributed by atoms with E-state index in [0.717, 1.165) is 5.69 Å². The quantitative estimate of drug-likeness (QED) is 0.744. The lowest BCUT2D eigenvalue weighted by atomic mass is 10.2. The number of carboxylic acid groups (broad SMARTS) is 1. The Hall–Kier alpha value is -1.59. The first-order valence-electron chi connectivity index (χ1n) is 6.30. The maximum Gasteiger partial charge on any atom is 0.323 e. The van der Waals surface area contributed by atoms with Crippen LogP contribution in [0.15, 0.2) is 30.3 Å². The molecule has 5 heteroatoms. The third-order valence-electron chi connectivity index (χ3n) is 2.50. The Kier molecular flexibility index (Phi) is 6.32. The van der Waals surface area contributed by atoms with Crippen LogP contribution in [0.5, 0.6) is 0 Å². The monoisotopic (exact) mass is 267 g/mol. The van der Waals surface area contributed by atoms with Crippen LogP contribution in [-0.2, 0) is 9.53 Å². The molecule has 0 bridgehead atoms. The van der Waals surface area contributed by atoms with Crippen molar-refractivity contribution in [3.63, 3.8) is 0 Å². The molecule has 19 heavy (non-hydrogen) atoms. The molecule has 0 aliphatic rings. The number of ether oxygens (including phenoxy) is 1. The minimum Gasteiger partial charge on any atom is -0.480 e. The lowest BCUT2D eigenvalue weighted by Crippen LogP contribution is -2.38. The van der Waals surface area contributed by atoms with E-state index in [1.807, 2.05) is 44.2 Å². The second-order valence-electron chi connectivity index (χ2n) is 4.65. The van der Waals surface area contributed by atoms with E-state index < -0.39 is 12.1 Å². The minimum absolute atomic E-state index is 0.0410. The number of aliphatic carboxylic acids is 1. The Morgan fingerprint density at radius 3 is 2.47 bits per heavy atom. The van der Waals surface area contributed by atoms with Gasteiger partial charge in [-0.15, -0.1) is 0 Å². The van der Waals surface area contributed by atoms with Gasteiger partial charge >= 0.3 is 5.97 Å². The van der Waals surface area contributed by atoms with Gasteiger partial charge in [-0.25, -0.2) is 0 Å². The van der Waals surface area contributed by atoms with Crippen molar-refractivity contribution in [2.45, 2.75) is 26.1 Å². The zero-order valence-electron chi connectivity index (χ0n) is 11.3. The molecular weight excluding hydrogens is 246 g/mol. The molecule has 0 saturated heterocycles. The maximum atomic E-state index is 10.9. The molecule has 0 saturated carbocycles. The van der Waals surface area contributed by atoms with E-state index in [-0.39, 0.29) is 25.8 Å². The van der Waals surface area contributed by atoms with Crippen molar-refractivity contribution in [3.05, 3.63) is 30.3 Å². The molecule has 0 amide bonds. The highest BCUT2D eigenvalue weighted by atomic mass is 16.5. The highest BCUT2D eigenvalue weighted by Crippen LogP contribution is 2.13. The predicted octanol–water partition coefficient (Wildman–Crippen LogP) is 1.36. The topological polar surface area (TPSA) is 70.0 Å². The molecule has 0 heterocycles. The summed E-state index contributed by atoms with van der Waals surface area (Å²) in [7, 11) is 0. The summed E-state index contributed by atoms with van der Waals surface area (Å²) in [6, 6.07) is 9.17. The number of carboxylic acids is 1. The van der Waals surface area contributed by atoms with Crippen LogP contribution in [0.3, 0.4) is 0 Å². The Balaban J connectivity index is 2.62. The van der Waals surface area contributed by atoms with Crippen molar-refractivity contribution in [2.24, 2.45) is 0 Å². The van der Waals surface area contributed by atoms with Gasteiger partial charge in [0, 0.05) is 12.2 Å². The molecule has 2 N–H and O–H groups in total. The molecule has 1 atom stereocenters. The highest BCUT2D eigenvalue weighted by Gasteiger charge is 2.15. The van der Waals surface area contributed by atoms with Gasteiger partial charge < -0.3 is 19.8 Å². The standard InChI is InChI=1S/C14H21NO4/c1-11(2)19-10-13(16)8-15(9-14(17)18)12-6-4-3-5-7-12/h3-7,11,13,16H,8-10H2,1-2H3,(H,17,18). The van der Waals surface area contributed by atoms with Crippen LogP contribution in [0.2, 0.25) is 0 Å². The number of hydrogen-bond acceptors (Lipinski definition) is 4. The summed E-state index contributed by atoms with van der Waals surface area (Å²) in [5.74, 6) is -0.930. The molecule has 0 spiro atoms. The molecular formula is C14H21NO4. The van der Waals surface area contributed by atoms with Crippen LogP contribution < -0.4 is 4.90 Å². The van der Waals surface area contributed by atoms with E-state index >= 15 is 0 Å². The molecule has 0 aromatic heterocycles. The summed E-state index contributed by atoms with van der Waals surface area (Å²) >= 11 is 0. The van der Waals surface area contributed by atoms with Gasteiger partial charge in [0.25, 0.3) is 0 Å². The van der Waals surface area contributed by atoms with Crippen LogP contribution >= 0.6 is 0 Å². The van der Waals surface area contributed by atoms with Gasteiger partial charge in [0.1, 0.15) is 6.54 Å². The average molecular weight is 267 g/mol. The fourth-order valence-corrected chi connectivity index (χ4v) is 1.67. The van der Waals surface area contributed by atoms with E-state index in [9.17, 15) is 9.90 Å². The number of hydrogen-bond donors (Lipinski definition) is 2. The van der Waals surface area contributed by atoms with Gasteiger partial charge in [-0.1, -0.05) is 18.2 Å². The maximum absolute atomic E-state index is 10.9. The number of aliphatic hydroxyl groups excluding tert-OH is 1. The molecule has 106 valence electrons. The first-order chi connectivity index (χ1) is 8.99. The van der Waals surface area contributed by atoms with Gasteiger partial charge in [0.05, 0.1) is 18.8 Å². The molecule has 1 rings (SSSR count). The van der Waals surface area contributed by atoms with Crippen molar-refractivity contribution in [2.75, 3.05) is 24.6 Å². The van der Waals surface area contributed by atoms with Gasteiger partial charge in [-0.3, -0.25) is 4.79 Å². The summed E-state index contributed by atoms with van der Waals surface area (Å²) in [4.78, 5) is 12.5. The zero-order chi connectivity index (χ0) is 14.3. The Morgan fingerprint density at radius 2 is 1.95 bits per heavy atom. The third-order valence-corrected chi connectivity index (χ3v) is 2.50. The van der Waals surface area contributed by atoms with Gasteiger partial charge in [-0.05, 0) is 26.0 Å². The Bertz CT molecular complexity index is 380. The van der Waals surface area contributed by atoms with Crippen LogP contribution in [0, 0.1) is 0 Å². The molecule has 1 unspecified atom stereocenters. The fraction of sp³-hybridized carbons (Fsp3) is 0.500. The summed E-state index contributed by atoms with van der Waals surface area (Å²) in [5.41, 5.74) is 0.772. The molecule has 5 nitrogen and oxygen atoms in total. The lowest BCUT2D eigenvalue weighted by Gasteiger charge is -2.26. The minimum atomic E-state index is -0.930. The largest absolute Gasteiger partial charge is 0.480 e. The first kappa shape index (κ1) is 15.5. The molecule has 0 aliphatic carbocycles. The summed E-state index contributed by atoms with van der Waals surface area (Å²) in [6.07, 6.45) is -0.679. The van der Waals surface area contributed by atoms with Crippen molar-refractivity contribution >= 4 is 11.7 Å². The molecule has 0 fully saturated rings. The second kappa shape index (κ2) is 7.76. The Morgan fingerprint density at radius 1 is 1.32 bits per heavy atom. The van der Waals surface area contributed by atoms with Crippen LogP contribution in [0.25, 0.3) is 0 Å². The number of benzene rings is 1. The van der Waals surface area contributed by atoms with Crippen LogP contribution in [0.1, 0.15) is 13.8 Å². The number of carbonyl (C=O) groups is 1. The van der Waals surface area contributed by atoms with Crippen molar-refractivity contribution in [3.8, 4) is 0 Å². The summed E-state index contributed by atoms with van der Waals surface area (Å²) in [5, 5.41) is 18.8. The van der Waals surface area contributed by atoms with E-state index in [1.54, 1.807) is 4.90 Å². The third kappa shape index (κ3) is 6.22. The normalized spacial score (nSPS) is 12.4. The van der Waals surface area contributed by atoms with Crippen molar-refractivity contribution < 1.29 is 19.7 Å². The Labute approximate surface area is 113 Å². The zero-order valence-corrected chi connectivity index (χ0v) is 11.3. The van der Waals surface area contributed by atoms with Crippen molar-refractivity contribution in [1.82, 2.24) is 0 Å². The number of rotatable bonds is 8. The van der Waals surface area contributed by atoms with Gasteiger partial charge in [-0.2, -0.15) is 0 Å². The van der Waals surface area contributed by atoms with E-state index in [4.69, 9.17) is 9.84 Å². The molecule has 1 aromatic rings. The SMILES string of the molecule is CC(C)OCC(O)CN(CC(=O)O)c1ccccc1. The van der Waals surface area contributed by atoms with Crippen LogP contribution in [0.4, 0.5) is 5.69 Å². The van der Waals surface area contributed by atoms with Crippen LogP contribution in [-0.4, -0.2) is 48.1 Å². The fourth-order valence-electron chi connectivity index (χ4n) is 1.67. The van der Waals surface area contributed by atoms with Gasteiger partial charge in [0.2, 0.25) is 0 Å². The lowest BCUT2D eigenvalue weighted by molar-refractivity contribution is -0.135. The molecule has 1 aromatic carbocycles. The first-order valence-corrected chi connectivity index (χ1v) is 6.30. The second-order valence-corrected chi connectivity index (χ2v) is 4.65. The van der Waals surface area contributed by atoms with Crippen molar-refractivity contribution in [1.29, 1.82) is 0 Å². The highest BCUT2D eigenvalue weighted by molar-refractivity contribution is 5.73. The van der Waals surface area contributed by atoms with E-state index in [2.05, 4.69) is 0 Å². The number of para-hydroxylation sites is 1. The predicted molar refractivity (Wildman–Crippen MR) is 73.4 cm³/mol. The molecule has 0 radical (unpaired) electrons. The summed E-state index contributed by atoms with van der Waals surface area (Å²) < 4.78 is 5.32. The van der Waals surface area contributed by atoms with E-state index in [0.29, 0.717) is 0 Å². The number of aliphatic hydroxyl groups is 1. The smallest absolute Gasteiger partial charge is 0.323 e. The number of nitrogens with zero attached hydrogens (tertiary/aromatic N) is 1. The molecule has 0 aliphatic heterocycles. The average Bonchev–Trinajstić information content (AvgIpc) is 2.36. The summed E-state index contributed by atoms with van der Waals surface area (Å²) in [6.45, 7) is 4.05. The van der Waals surface area contributed by atoms with Gasteiger partial charge in [0.15, 0.2) is 0 Å².